The fourth-order valence-electron chi connectivity index (χ4n) is 3.84. The number of carbonyl (C=O) groups is 2. The van der Waals surface area contributed by atoms with Crippen LogP contribution in [0.15, 0.2) is 0 Å². The summed E-state index contributed by atoms with van der Waals surface area (Å²) < 4.78 is 9.94. The second-order valence-corrected chi connectivity index (χ2v) is 6.19. The van der Waals surface area contributed by atoms with E-state index in [1.807, 2.05) is 0 Å². The van der Waals surface area contributed by atoms with E-state index < -0.39 is 12.1 Å². The van der Waals surface area contributed by atoms with Gasteiger partial charge in [0.2, 0.25) is 0 Å². The van der Waals surface area contributed by atoms with Crippen LogP contribution in [0.3, 0.4) is 0 Å². The highest BCUT2D eigenvalue weighted by Gasteiger charge is 2.44. The first-order chi connectivity index (χ1) is 10.6. The highest BCUT2D eigenvalue weighted by atomic mass is 16.6. The minimum Gasteiger partial charge on any atom is -0.464 e. The first kappa shape index (κ1) is 16.6. The molecule has 0 bridgehead atoms. The molecule has 2 aliphatic rings. The molecule has 1 amide bonds. The first-order valence-corrected chi connectivity index (χ1v) is 7.98. The molecule has 0 aromatic rings. The predicted octanol–water partition coefficient (Wildman–Crippen LogP) is 2.34. The lowest BCUT2D eigenvalue weighted by molar-refractivity contribution is -0.152. The summed E-state index contributed by atoms with van der Waals surface area (Å²) in [4.78, 5) is 25.7. The van der Waals surface area contributed by atoms with Gasteiger partial charge in [-0.25, -0.2) is 9.59 Å². The zero-order valence-electron chi connectivity index (χ0n) is 13.3. The average molecular weight is 308 g/mol. The van der Waals surface area contributed by atoms with Gasteiger partial charge in [-0.2, -0.15) is 5.26 Å². The van der Waals surface area contributed by atoms with E-state index in [4.69, 9.17) is 14.7 Å². The number of hydrogen-bond donors (Lipinski definition) is 0. The summed E-state index contributed by atoms with van der Waals surface area (Å²) in [7, 11) is 1.33. The summed E-state index contributed by atoms with van der Waals surface area (Å²) >= 11 is 0. The van der Waals surface area contributed by atoms with Gasteiger partial charge < -0.3 is 9.47 Å². The number of carbonyl (C=O) groups excluding carboxylic acids is 2. The van der Waals surface area contributed by atoms with Gasteiger partial charge in [0.05, 0.1) is 19.8 Å². The highest BCUT2D eigenvalue weighted by molar-refractivity contribution is 5.81. The lowest BCUT2D eigenvalue weighted by atomic mass is 9.68. The Labute approximate surface area is 131 Å². The number of nitrogens with zero attached hydrogens (tertiary/aromatic N) is 2. The van der Waals surface area contributed by atoms with E-state index >= 15 is 0 Å². The van der Waals surface area contributed by atoms with Crippen molar-refractivity contribution in [3.05, 3.63) is 0 Å². The Kier molecular flexibility index (Phi) is 5.64. The third-order valence-corrected chi connectivity index (χ3v) is 4.93. The van der Waals surface area contributed by atoms with E-state index in [-0.39, 0.29) is 5.97 Å². The number of ether oxygens (including phenoxy) is 2. The number of rotatable bonds is 3. The molecular formula is C16H24N2O4. The molecule has 2 fully saturated rings. The van der Waals surface area contributed by atoms with Crippen LogP contribution in [0.2, 0.25) is 0 Å². The molecule has 0 spiro atoms. The lowest BCUT2D eigenvalue weighted by Crippen LogP contribution is -2.55. The zero-order chi connectivity index (χ0) is 16.1. The first-order valence-electron chi connectivity index (χ1n) is 7.98. The van der Waals surface area contributed by atoms with Gasteiger partial charge in [-0.05, 0) is 50.4 Å². The maximum absolute atomic E-state index is 12.2. The minimum absolute atomic E-state index is 0.301. The number of piperidine rings is 1. The molecule has 1 unspecified atom stereocenters. The summed E-state index contributed by atoms with van der Waals surface area (Å²) in [6.07, 6.45) is 3.71. The van der Waals surface area contributed by atoms with Crippen LogP contribution in [0, 0.1) is 29.1 Å². The van der Waals surface area contributed by atoms with Crippen LogP contribution in [0.25, 0.3) is 0 Å². The normalized spacial score (nSPS) is 30.9. The predicted molar refractivity (Wildman–Crippen MR) is 78.7 cm³/mol. The fourth-order valence-corrected chi connectivity index (χ4v) is 3.84. The molecule has 0 radical (unpaired) electrons. The van der Waals surface area contributed by atoms with Crippen molar-refractivity contribution in [1.29, 1.82) is 5.26 Å². The molecule has 1 aliphatic heterocycles. The number of amides is 1. The molecule has 1 aliphatic carbocycles. The Hall–Kier alpha value is -1.77. The van der Waals surface area contributed by atoms with Crippen LogP contribution >= 0.6 is 0 Å². The molecule has 2 rings (SSSR count). The van der Waals surface area contributed by atoms with Gasteiger partial charge in [-0.3, -0.25) is 4.90 Å². The molecule has 0 aromatic heterocycles. The molecule has 0 N–H and O–H groups in total. The second-order valence-electron chi connectivity index (χ2n) is 6.19. The molecule has 6 heteroatoms. The fraction of sp³-hybridized carbons (Fsp3) is 0.812. The Morgan fingerprint density at radius 1 is 1.27 bits per heavy atom. The Morgan fingerprint density at radius 2 is 2.05 bits per heavy atom. The average Bonchev–Trinajstić information content (AvgIpc) is 2.53. The van der Waals surface area contributed by atoms with Crippen molar-refractivity contribution in [2.45, 2.75) is 45.1 Å². The number of fused-ring (bicyclic) bond motifs is 1. The topological polar surface area (TPSA) is 79.6 Å². The summed E-state index contributed by atoms with van der Waals surface area (Å²) in [5.41, 5.74) is 0. The summed E-state index contributed by atoms with van der Waals surface area (Å²) in [6, 6.07) is 1.69. The quantitative estimate of drug-likeness (QED) is 0.748. The van der Waals surface area contributed by atoms with E-state index in [1.165, 1.54) is 12.0 Å². The number of esters is 1. The van der Waals surface area contributed by atoms with E-state index in [9.17, 15) is 9.59 Å². The van der Waals surface area contributed by atoms with Crippen LogP contribution in [-0.4, -0.2) is 43.3 Å². The molecule has 1 heterocycles. The van der Waals surface area contributed by atoms with Crippen molar-refractivity contribution in [2.75, 3.05) is 20.3 Å². The van der Waals surface area contributed by atoms with Gasteiger partial charge in [0.25, 0.3) is 0 Å². The molecule has 4 atom stereocenters. The monoisotopic (exact) mass is 308 g/mol. The second kappa shape index (κ2) is 7.48. The van der Waals surface area contributed by atoms with Crippen LogP contribution in [0.5, 0.6) is 0 Å². The summed E-state index contributed by atoms with van der Waals surface area (Å²) in [5.74, 6) is 0.828. The summed E-state index contributed by atoms with van der Waals surface area (Å²) in [5, 5.41) is 8.88. The molecule has 6 nitrogen and oxygen atoms in total. The van der Waals surface area contributed by atoms with Gasteiger partial charge in [0.1, 0.15) is 6.04 Å². The molecule has 1 saturated carbocycles. The van der Waals surface area contributed by atoms with Gasteiger partial charge in [-0.15, -0.1) is 0 Å². The maximum atomic E-state index is 12.2. The molecular weight excluding hydrogens is 284 g/mol. The van der Waals surface area contributed by atoms with Crippen molar-refractivity contribution in [3.8, 4) is 6.07 Å². The lowest BCUT2D eigenvalue weighted by Gasteiger charge is -2.45. The van der Waals surface area contributed by atoms with Crippen molar-refractivity contribution >= 4 is 12.1 Å². The van der Waals surface area contributed by atoms with Crippen LogP contribution in [0.4, 0.5) is 4.79 Å². The van der Waals surface area contributed by atoms with Crippen molar-refractivity contribution in [2.24, 2.45) is 17.8 Å². The number of hydrogen-bond acceptors (Lipinski definition) is 5. The highest BCUT2D eigenvalue weighted by Crippen LogP contribution is 2.42. The van der Waals surface area contributed by atoms with E-state index in [0.29, 0.717) is 43.7 Å². The van der Waals surface area contributed by atoms with Gasteiger partial charge in [0, 0.05) is 13.0 Å². The molecule has 0 aromatic carbocycles. The molecule has 1 saturated heterocycles. The zero-order valence-corrected chi connectivity index (χ0v) is 13.3. The van der Waals surface area contributed by atoms with Crippen molar-refractivity contribution < 1.29 is 19.1 Å². The van der Waals surface area contributed by atoms with Gasteiger partial charge in [-0.1, -0.05) is 0 Å². The number of nitriles is 1. The standard InChI is InChI=1S/C16H24N2O4/c1-3-22-15(19)14-9-13-8-11(6-7-17)4-5-12(13)10-18(14)16(20)21-2/h11-14H,3-6,8-10H2,1-2H3/t11?,12-,13-,14+/m1/s1. The minimum atomic E-state index is -0.561. The number of likely N-dealkylation sites (tertiary alicyclic amines) is 1. The smallest absolute Gasteiger partial charge is 0.410 e. The third-order valence-electron chi connectivity index (χ3n) is 4.93. The van der Waals surface area contributed by atoms with E-state index in [0.717, 1.165) is 19.3 Å². The third kappa shape index (κ3) is 3.52. The van der Waals surface area contributed by atoms with E-state index in [2.05, 4.69) is 6.07 Å². The Bertz CT molecular complexity index is 460. The van der Waals surface area contributed by atoms with Gasteiger partial charge in [0.15, 0.2) is 0 Å². The Balaban J connectivity index is 2.10. The van der Waals surface area contributed by atoms with Gasteiger partial charge >= 0.3 is 12.1 Å². The van der Waals surface area contributed by atoms with Crippen molar-refractivity contribution in [3.63, 3.8) is 0 Å². The van der Waals surface area contributed by atoms with Crippen LogP contribution in [-0.2, 0) is 14.3 Å². The molecule has 22 heavy (non-hydrogen) atoms. The maximum Gasteiger partial charge on any atom is 0.410 e. The van der Waals surface area contributed by atoms with E-state index in [1.54, 1.807) is 6.92 Å². The van der Waals surface area contributed by atoms with Crippen LogP contribution in [0.1, 0.15) is 39.0 Å². The summed E-state index contributed by atoms with van der Waals surface area (Å²) in [6.45, 7) is 2.60. The Morgan fingerprint density at radius 3 is 2.68 bits per heavy atom. The van der Waals surface area contributed by atoms with Crippen molar-refractivity contribution in [1.82, 2.24) is 4.90 Å². The molecule has 122 valence electrons. The SMILES string of the molecule is CCOC(=O)[C@@H]1C[C@H]2CC(CC#N)CC[C@@H]2CN1C(=O)OC. The number of methoxy groups -OCH3 is 1. The largest absolute Gasteiger partial charge is 0.464 e. The van der Waals surface area contributed by atoms with Crippen LogP contribution < -0.4 is 0 Å².